The average Bonchev–Trinajstić information content (AvgIpc) is 3.39. The van der Waals surface area contributed by atoms with Crippen LogP contribution in [0.25, 0.3) is 11.1 Å². The summed E-state index contributed by atoms with van der Waals surface area (Å²) in [7, 11) is 3.08. The van der Waals surface area contributed by atoms with Gasteiger partial charge in [0.2, 0.25) is 11.8 Å². The van der Waals surface area contributed by atoms with Crippen LogP contribution in [0.15, 0.2) is 42.7 Å². The van der Waals surface area contributed by atoms with Crippen LogP contribution < -0.4 is 4.74 Å². The van der Waals surface area contributed by atoms with E-state index in [1.54, 1.807) is 26.2 Å². The van der Waals surface area contributed by atoms with Gasteiger partial charge < -0.3 is 24.5 Å². The van der Waals surface area contributed by atoms with Crippen LogP contribution in [0.3, 0.4) is 0 Å². The summed E-state index contributed by atoms with van der Waals surface area (Å²) in [5.41, 5.74) is 1.78. The number of likely N-dealkylation sites (N-methyl/N-ethyl adjacent to an activating group) is 2. The normalized spacial score (nSPS) is 23.0. The van der Waals surface area contributed by atoms with Gasteiger partial charge in [-0.25, -0.2) is 0 Å². The van der Waals surface area contributed by atoms with Crippen molar-refractivity contribution in [1.82, 2.24) is 19.7 Å². The maximum Gasteiger partial charge on any atom is 0.303 e. The standard InChI is InChI=1S/C28H34N4O6/c1-18-12-25(33)32-11-5-7-22(32)17-38-23-8-4-6-19(14-23)20-13-21(16-29-15-20)27(36)31(3)24(9-10-26(34)35)28(37)30(18)2/h4,6,8,13-16,18,22,24H,5,7,9-12,17H2,1-3H3,(H,34,35)/t18-,22+,24+/m1/s1. The second-order valence-electron chi connectivity index (χ2n) is 10.1. The molecule has 1 aromatic heterocycles. The van der Waals surface area contributed by atoms with Crippen LogP contribution in [0.2, 0.25) is 0 Å². The number of carbonyl (C=O) groups is 4. The van der Waals surface area contributed by atoms with Gasteiger partial charge in [-0.3, -0.25) is 24.2 Å². The highest BCUT2D eigenvalue weighted by Gasteiger charge is 2.35. The van der Waals surface area contributed by atoms with E-state index in [-0.39, 0.29) is 36.8 Å². The minimum Gasteiger partial charge on any atom is -0.491 e. The molecular weight excluding hydrogens is 488 g/mol. The largest absolute Gasteiger partial charge is 0.491 e. The average molecular weight is 523 g/mol. The second kappa shape index (κ2) is 11.6. The first-order valence-electron chi connectivity index (χ1n) is 12.9. The fourth-order valence-electron chi connectivity index (χ4n) is 5.06. The number of amides is 3. The van der Waals surface area contributed by atoms with E-state index in [1.165, 1.54) is 23.0 Å². The number of hydrogen-bond donors (Lipinski definition) is 1. The molecule has 3 atom stereocenters. The number of benzene rings is 1. The van der Waals surface area contributed by atoms with Crippen molar-refractivity contribution < 1.29 is 29.0 Å². The molecule has 0 aliphatic carbocycles. The molecule has 2 aromatic rings. The summed E-state index contributed by atoms with van der Waals surface area (Å²) in [6.07, 6.45) is 4.57. The molecular formula is C28H34N4O6. The first kappa shape index (κ1) is 27.1. The van der Waals surface area contributed by atoms with E-state index in [0.29, 0.717) is 24.5 Å². The Kier molecular flexibility index (Phi) is 8.29. The highest BCUT2D eigenvalue weighted by molar-refractivity contribution is 5.98. The van der Waals surface area contributed by atoms with Crippen LogP contribution in [0.4, 0.5) is 0 Å². The predicted molar refractivity (Wildman–Crippen MR) is 140 cm³/mol. The molecule has 4 bridgehead atoms. The van der Waals surface area contributed by atoms with E-state index in [2.05, 4.69) is 4.98 Å². The van der Waals surface area contributed by atoms with Crippen LogP contribution in [0.1, 0.15) is 49.4 Å². The maximum atomic E-state index is 13.6. The molecule has 1 aromatic carbocycles. The van der Waals surface area contributed by atoms with E-state index in [0.717, 1.165) is 18.4 Å². The SMILES string of the molecule is C[C@@H]1CC(=O)N2CCC[C@H]2COc2cccc(c2)-c2cncc(c2)C(=O)N(C)[C@@H](CCC(=O)O)C(=O)N1C. The van der Waals surface area contributed by atoms with Crippen LogP contribution >= 0.6 is 0 Å². The first-order chi connectivity index (χ1) is 18.2. The summed E-state index contributed by atoms with van der Waals surface area (Å²) >= 11 is 0. The van der Waals surface area contributed by atoms with Gasteiger partial charge in [0.1, 0.15) is 18.4 Å². The van der Waals surface area contributed by atoms with Crippen molar-refractivity contribution >= 4 is 23.7 Å². The molecule has 2 aliphatic heterocycles. The molecule has 0 unspecified atom stereocenters. The van der Waals surface area contributed by atoms with E-state index in [1.807, 2.05) is 29.2 Å². The van der Waals surface area contributed by atoms with Crippen LogP contribution in [0, 0.1) is 0 Å². The molecule has 1 saturated heterocycles. The lowest BCUT2D eigenvalue weighted by atomic mass is 10.0. The van der Waals surface area contributed by atoms with Crippen molar-refractivity contribution in [3.05, 3.63) is 48.3 Å². The van der Waals surface area contributed by atoms with Gasteiger partial charge in [0.25, 0.3) is 5.91 Å². The molecule has 1 N–H and O–H groups in total. The summed E-state index contributed by atoms with van der Waals surface area (Å²) in [6.45, 7) is 2.77. The summed E-state index contributed by atoms with van der Waals surface area (Å²) in [4.78, 5) is 60.4. The Morgan fingerprint density at radius 3 is 2.61 bits per heavy atom. The van der Waals surface area contributed by atoms with Gasteiger partial charge in [-0.15, -0.1) is 0 Å². The molecule has 1 fully saturated rings. The Morgan fingerprint density at radius 2 is 1.84 bits per heavy atom. The lowest BCUT2D eigenvalue weighted by molar-refractivity contribution is -0.140. The van der Waals surface area contributed by atoms with Gasteiger partial charge >= 0.3 is 5.97 Å². The number of carboxylic acids is 1. The molecule has 3 heterocycles. The van der Waals surface area contributed by atoms with Crippen LogP contribution in [0.5, 0.6) is 5.75 Å². The van der Waals surface area contributed by atoms with Crippen molar-refractivity contribution in [3.63, 3.8) is 0 Å². The third-order valence-corrected chi connectivity index (χ3v) is 7.48. The van der Waals surface area contributed by atoms with Crippen LogP contribution in [-0.4, -0.2) is 93.9 Å². The monoisotopic (exact) mass is 522 g/mol. The summed E-state index contributed by atoms with van der Waals surface area (Å²) in [5, 5.41) is 9.29. The number of pyridine rings is 1. The van der Waals surface area contributed by atoms with Crippen molar-refractivity contribution in [2.45, 2.75) is 57.2 Å². The Bertz CT molecular complexity index is 1220. The maximum absolute atomic E-state index is 13.6. The molecule has 38 heavy (non-hydrogen) atoms. The van der Waals surface area contributed by atoms with E-state index >= 15 is 0 Å². The molecule has 10 nitrogen and oxygen atoms in total. The molecule has 0 radical (unpaired) electrons. The lowest BCUT2D eigenvalue weighted by Crippen LogP contribution is -2.51. The Balaban J connectivity index is 1.73. The number of rotatable bonds is 3. The lowest BCUT2D eigenvalue weighted by Gasteiger charge is -2.34. The van der Waals surface area contributed by atoms with Gasteiger partial charge in [0.15, 0.2) is 0 Å². The van der Waals surface area contributed by atoms with Gasteiger partial charge in [0.05, 0.1) is 11.6 Å². The molecule has 3 amide bonds. The zero-order valence-corrected chi connectivity index (χ0v) is 22.0. The third kappa shape index (κ3) is 5.95. The van der Waals surface area contributed by atoms with Crippen LogP contribution in [-0.2, 0) is 14.4 Å². The fourth-order valence-corrected chi connectivity index (χ4v) is 5.06. The Hall–Kier alpha value is -3.95. The molecule has 10 heteroatoms. The zero-order chi connectivity index (χ0) is 27.4. The number of hydrogen-bond acceptors (Lipinski definition) is 6. The summed E-state index contributed by atoms with van der Waals surface area (Å²) in [5.74, 6) is -1.33. The zero-order valence-electron chi connectivity index (χ0n) is 22.0. The second-order valence-corrected chi connectivity index (χ2v) is 10.1. The minimum absolute atomic E-state index is 0.0535. The number of nitrogens with zero attached hydrogens (tertiary/aromatic N) is 4. The molecule has 4 rings (SSSR count). The number of carboxylic acid groups (broad SMARTS) is 1. The van der Waals surface area contributed by atoms with Gasteiger partial charge in [-0.2, -0.15) is 0 Å². The molecule has 0 saturated carbocycles. The number of aliphatic carboxylic acids is 1. The predicted octanol–water partition coefficient (Wildman–Crippen LogP) is 2.67. The number of ether oxygens (including phenoxy) is 1. The molecule has 0 spiro atoms. The summed E-state index contributed by atoms with van der Waals surface area (Å²) in [6, 6.07) is 7.66. The number of aromatic nitrogens is 1. The fraction of sp³-hybridized carbons (Fsp3) is 0.464. The first-order valence-corrected chi connectivity index (χ1v) is 12.9. The van der Waals surface area contributed by atoms with Gasteiger partial charge in [0, 0.05) is 57.5 Å². The summed E-state index contributed by atoms with van der Waals surface area (Å²) < 4.78 is 6.09. The quantitative estimate of drug-likeness (QED) is 0.658. The van der Waals surface area contributed by atoms with Gasteiger partial charge in [-0.05, 0) is 49.9 Å². The van der Waals surface area contributed by atoms with Crippen molar-refractivity contribution in [2.24, 2.45) is 0 Å². The van der Waals surface area contributed by atoms with Crippen molar-refractivity contribution in [2.75, 3.05) is 27.2 Å². The van der Waals surface area contributed by atoms with Gasteiger partial charge in [-0.1, -0.05) is 12.1 Å². The molecule has 2 aliphatic rings. The molecule has 202 valence electrons. The minimum atomic E-state index is -1.06. The number of carbonyl (C=O) groups excluding carboxylic acids is 3. The van der Waals surface area contributed by atoms with E-state index < -0.39 is 29.9 Å². The Labute approximate surface area is 222 Å². The van der Waals surface area contributed by atoms with Crippen molar-refractivity contribution in [3.8, 4) is 16.9 Å². The number of fused-ring (bicyclic) bond motifs is 6. The smallest absolute Gasteiger partial charge is 0.303 e. The van der Waals surface area contributed by atoms with Crippen molar-refractivity contribution in [1.29, 1.82) is 0 Å². The van der Waals surface area contributed by atoms with E-state index in [9.17, 15) is 24.3 Å². The Morgan fingerprint density at radius 1 is 1.08 bits per heavy atom. The highest BCUT2D eigenvalue weighted by Crippen LogP contribution is 2.27. The third-order valence-electron chi connectivity index (χ3n) is 7.48. The van der Waals surface area contributed by atoms with E-state index in [4.69, 9.17) is 4.74 Å². The highest BCUT2D eigenvalue weighted by atomic mass is 16.5. The topological polar surface area (TPSA) is 120 Å².